The Morgan fingerprint density at radius 2 is 1.41 bits per heavy atom. The van der Waals surface area contributed by atoms with Crippen molar-refractivity contribution in [2.45, 2.75) is 82.7 Å². The van der Waals surface area contributed by atoms with E-state index in [2.05, 4.69) is 59.7 Å². The van der Waals surface area contributed by atoms with Crippen LogP contribution in [0.5, 0.6) is 0 Å². The molecule has 0 radical (unpaired) electrons. The molecular formula is C19H32OS2. The first kappa shape index (κ1) is 19.9. The van der Waals surface area contributed by atoms with Crippen LogP contribution in [0.15, 0.2) is 18.2 Å². The Bertz CT molecular complexity index is 399. The van der Waals surface area contributed by atoms with Crippen LogP contribution >= 0.6 is 23.5 Å². The normalized spacial score (nSPS) is 13.1. The molecule has 0 aliphatic rings. The quantitative estimate of drug-likeness (QED) is 0.495. The molecule has 0 fully saturated rings. The van der Waals surface area contributed by atoms with Gasteiger partial charge in [0.15, 0.2) is 0 Å². The van der Waals surface area contributed by atoms with Gasteiger partial charge in [0.1, 0.15) is 0 Å². The van der Waals surface area contributed by atoms with Crippen molar-refractivity contribution >= 4 is 23.5 Å². The van der Waals surface area contributed by atoms with Crippen molar-refractivity contribution in [1.82, 2.24) is 0 Å². The number of ether oxygens (including phenoxy) is 1. The van der Waals surface area contributed by atoms with Crippen LogP contribution in [-0.2, 0) is 22.8 Å². The zero-order valence-corrected chi connectivity index (χ0v) is 16.7. The molecule has 3 heteroatoms. The molecule has 22 heavy (non-hydrogen) atoms. The third-order valence-electron chi connectivity index (χ3n) is 3.39. The molecule has 0 bridgehead atoms. The highest BCUT2D eigenvalue weighted by atomic mass is 32.2. The minimum atomic E-state index is 0.284. The van der Waals surface area contributed by atoms with Crippen LogP contribution in [0.3, 0.4) is 0 Å². The fourth-order valence-corrected chi connectivity index (χ4v) is 3.54. The number of hydrogen-bond acceptors (Lipinski definition) is 3. The Morgan fingerprint density at radius 1 is 0.864 bits per heavy atom. The van der Waals surface area contributed by atoms with Crippen LogP contribution in [-0.4, -0.2) is 16.6 Å². The summed E-state index contributed by atoms with van der Waals surface area (Å²) in [5.74, 6) is 2.19. The van der Waals surface area contributed by atoms with E-state index in [0.29, 0.717) is 5.25 Å². The van der Waals surface area contributed by atoms with Crippen LogP contribution in [0.4, 0.5) is 0 Å². The number of thioether (sulfide) groups is 2. The summed E-state index contributed by atoms with van der Waals surface area (Å²) in [6.45, 7) is 14.0. The first-order chi connectivity index (χ1) is 10.4. The van der Waals surface area contributed by atoms with Crippen molar-refractivity contribution < 1.29 is 4.74 Å². The summed E-state index contributed by atoms with van der Waals surface area (Å²) < 4.78 is 5.80. The second-order valence-electron chi connectivity index (χ2n) is 6.41. The van der Waals surface area contributed by atoms with Gasteiger partial charge in [-0.25, -0.2) is 0 Å². The molecule has 126 valence electrons. The first-order valence-corrected chi connectivity index (χ1v) is 10.5. The molecule has 1 aromatic carbocycles. The summed E-state index contributed by atoms with van der Waals surface area (Å²) >= 11 is 4.06. The van der Waals surface area contributed by atoms with E-state index in [1.807, 2.05) is 23.5 Å². The van der Waals surface area contributed by atoms with Gasteiger partial charge in [-0.2, -0.15) is 23.5 Å². The summed E-state index contributed by atoms with van der Waals surface area (Å²) in [7, 11) is 0. The highest BCUT2D eigenvalue weighted by molar-refractivity contribution is 7.99. The molecule has 0 saturated heterocycles. The summed E-state index contributed by atoms with van der Waals surface area (Å²) in [6.07, 6.45) is 1.52. The van der Waals surface area contributed by atoms with Gasteiger partial charge in [-0.15, -0.1) is 0 Å². The van der Waals surface area contributed by atoms with Gasteiger partial charge < -0.3 is 4.74 Å². The van der Waals surface area contributed by atoms with Crippen molar-refractivity contribution in [1.29, 1.82) is 0 Å². The molecule has 1 atom stereocenters. The van der Waals surface area contributed by atoms with Crippen LogP contribution in [0.25, 0.3) is 0 Å². The minimum Gasteiger partial charge on any atom is -0.374 e. The zero-order chi connectivity index (χ0) is 16.5. The lowest BCUT2D eigenvalue weighted by Gasteiger charge is -2.14. The molecule has 0 aliphatic heterocycles. The van der Waals surface area contributed by atoms with Crippen LogP contribution in [0.2, 0.25) is 0 Å². The van der Waals surface area contributed by atoms with Gasteiger partial charge >= 0.3 is 0 Å². The van der Waals surface area contributed by atoms with Crippen molar-refractivity contribution in [2.24, 2.45) is 0 Å². The van der Waals surface area contributed by atoms with E-state index >= 15 is 0 Å². The average Bonchev–Trinajstić information content (AvgIpc) is 2.48. The van der Waals surface area contributed by atoms with Gasteiger partial charge in [-0.1, -0.05) is 45.9 Å². The van der Waals surface area contributed by atoms with E-state index in [9.17, 15) is 0 Å². The lowest BCUT2D eigenvalue weighted by atomic mass is 10.1. The summed E-state index contributed by atoms with van der Waals surface area (Å²) in [5, 5.41) is 1.40. The van der Waals surface area contributed by atoms with E-state index < -0.39 is 0 Å². The Hall–Kier alpha value is -0.120. The molecule has 1 aromatic rings. The van der Waals surface area contributed by atoms with Gasteiger partial charge in [0.05, 0.1) is 12.7 Å². The zero-order valence-electron chi connectivity index (χ0n) is 15.0. The van der Waals surface area contributed by atoms with Crippen molar-refractivity contribution in [3.05, 3.63) is 34.9 Å². The highest BCUT2D eigenvalue weighted by Crippen LogP contribution is 2.25. The smallest absolute Gasteiger partial charge is 0.0720 e. The SMILES string of the molecule is CCC(C)SCc1cc(COC(C)C)cc(CSC(C)C)c1. The topological polar surface area (TPSA) is 9.23 Å². The molecule has 1 rings (SSSR count). The Balaban J connectivity index is 2.78. The third-order valence-corrected chi connectivity index (χ3v) is 5.96. The van der Waals surface area contributed by atoms with Gasteiger partial charge in [0.25, 0.3) is 0 Å². The van der Waals surface area contributed by atoms with E-state index in [1.54, 1.807) is 0 Å². The van der Waals surface area contributed by atoms with E-state index in [1.165, 1.54) is 23.1 Å². The predicted molar refractivity (Wildman–Crippen MR) is 104 cm³/mol. The van der Waals surface area contributed by atoms with Crippen LogP contribution in [0, 0.1) is 0 Å². The molecule has 1 nitrogen and oxygen atoms in total. The molecular weight excluding hydrogens is 308 g/mol. The fraction of sp³-hybridized carbons (Fsp3) is 0.684. The van der Waals surface area contributed by atoms with Crippen molar-refractivity contribution in [3.8, 4) is 0 Å². The molecule has 0 aromatic heterocycles. The van der Waals surface area contributed by atoms with Crippen LogP contribution < -0.4 is 0 Å². The van der Waals surface area contributed by atoms with E-state index in [0.717, 1.165) is 23.4 Å². The molecule has 0 aliphatic carbocycles. The number of benzene rings is 1. The molecule has 0 saturated carbocycles. The lowest BCUT2D eigenvalue weighted by Crippen LogP contribution is -2.03. The maximum Gasteiger partial charge on any atom is 0.0720 e. The van der Waals surface area contributed by atoms with Crippen LogP contribution in [0.1, 0.15) is 64.7 Å². The number of rotatable bonds is 10. The second kappa shape index (κ2) is 10.6. The lowest BCUT2D eigenvalue weighted by molar-refractivity contribution is 0.0656. The van der Waals surface area contributed by atoms with E-state index in [4.69, 9.17) is 4.74 Å². The Kier molecular flexibility index (Phi) is 9.62. The largest absolute Gasteiger partial charge is 0.374 e. The minimum absolute atomic E-state index is 0.284. The van der Waals surface area contributed by atoms with Gasteiger partial charge in [-0.3, -0.25) is 0 Å². The fourth-order valence-electron chi connectivity index (χ4n) is 1.97. The summed E-state index contributed by atoms with van der Waals surface area (Å²) in [6, 6.07) is 7.01. The molecule has 0 amide bonds. The van der Waals surface area contributed by atoms with Gasteiger partial charge in [0.2, 0.25) is 0 Å². The van der Waals surface area contributed by atoms with Gasteiger partial charge in [-0.05, 0) is 42.2 Å². The summed E-state index contributed by atoms with van der Waals surface area (Å²) in [4.78, 5) is 0. The van der Waals surface area contributed by atoms with Crippen molar-refractivity contribution in [2.75, 3.05) is 0 Å². The predicted octanol–water partition coefficient (Wildman–Crippen LogP) is 6.28. The monoisotopic (exact) mass is 340 g/mol. The average molecular weight is 341 g/mol. The van der Waals surface area contributed by atoms with Crippen molar-refractivity contribution in [3.63, 3.8) is 0 Å². The Morgan fingerprint density at radius 3 is 1.91 bits per heavy atom. The maximum atomic E-state index is 5.80. The summed E-state index contributed by atoms with van der Waals surface area (Å²) in [5.41, 5.74) is 4.19. The molecule has 0 spiro atoms. The maximum absolute atomic E-state index is 5.80. The third kappa shape index (κ3) is 8.50. The van der Waals surface area contributed by atoms with Gasteiger partial charge in [0, 0.05) is 16.8 Å². The number of hydrogen-bond donors (Lipinski definition) is 0. The van der Waals surface area contributed by atoms with E-state index in [-0.39, 0.29) is 6.10 Å². The standard InChI is InChI=1S/C19H32OS2/c1-7-16(6)22-13-19-9-17(11-20-14(2)3)8-18(10-19)12-21-15(4)5/h8-10,14-16H,7,11-13H2,1-6H3. The second-order valence-corrected chi connectivity index (χ2v) is 9.40. The molecule has 0 N–H and O–H groups in total. The first-order valence-electron chi connectivity index (χ1n) is 8.37. The molecule has 1 unspecified atom stereocenters. The Labute approximate surface area is 146 Å². The highest BCUT2D eigenvalue weighted by Gasteiger charge is 2.06. The molecule has 0 heterocycles.